The Hall–Kier alpha value is -3.99. The predicted octanol–water partition coefficient (Wildman–Crippen LogP) is 3.11. The number of pyridine rings is 1. The van der Waals surface area contributed by atoms with Crippen LogP contribution >= 0.6 is 0 Å². The summed E-state index contributed by atoms with van der Waals surface area (Å²) in [4.78, 5) is 31.8. The quantitative estimate of drug-likeness (QED) is 0.515. The summed E-state index contributed by atoms with van der Waals surface area (Å²) in [5, 5.41) is 6.49. The van der Waals surface area contributed by atoms with Crippen molar-refractivity contribution in [3.63, 3.8) is 0 Å². The number of likely N-dealkylation sites (N-methyl/N-ethyl adjacent to an activating group) is 1. The van der Waals surface area contributed by atoms with Crippen molar-refractivity contribution in [2.45, 2.75) is 6.92 Å². The molecule has 1 aromatic carbocycles. The molecule has 188 valence electrons. The third kappa shape index (κ3) is 5.15. The minimum Gasteiger partial charge on any atom is -0.482 e. The molecule has 0 spiro atoms. The number of nitrogens with one attached hydrogen (secondary N) is 2. The fourth-order valence-electron chi connectivity index (χ4n) is 4.19. The highest BCUT2D eigenvalue weighted by molar-refractivity contribution is 5.98. The van der Waals surface area contributed by atoms with E-state index in [1.807, 2.05) is 25.1 Å². The van der Waals surface area contributed by atoms with Gasteiger partial charge in [0.1, 0.15) is 24.1 Å². The average molecular weight is 493 g/mol. The minimum absolute atomic E-state index is 0.0130. The van der Waals surface area contributed by atoms with Gasteiger partial charge in [0.05, 0.1) is 24.1 Å². The third-order valence-electron chi connectivity index (χ3n) is 6.28. The average Bonchev–Trinajstić information content (AvgIpc) is 2.89. The van der Waals surface area contributed by atoms with Crippen molar-refractivity contribution < 1.29 is 13.9 Å². The third-order valence-corrected chi connectivity index (χ3v) is 6.28. The van der Waals surface area contributed by atoms with E-state index in [2.05, 4.69) is 42.4 Å². The molecule has 3 aromatic rings. The first-order chi connectivity index (χ1) is 17.5. The van der Waals surface area contributed by atoms with Gasteiger partial charge < -0.3 is 30.1 Å². The van der Waals surface area contributed by atoms with E-state index in [0.29, 0.717) is 28.9 Å². The molecule has 1 fully saturated rings. The molecule has 0 aliphatic carbocycles. The Morgan fingerprint density at radius 2 is 1.83 bits per heavy atom. The van der Waals surface area contributed by atoms with E-state index in [0.717, 1.165) is 43.2 Å². The van der Waals surface area contributed by atoms with Crippen molar-refractivity contribution in [3.8, 4) is 5.75 Å². The number of aryl methyl sites for hydroxylation is 1. The molecule has 0 atom stereocenters. The van der Waals surface area contributed by atoms with Crippen LogP contribution in [-0.2, 0) is 4.79 Å². The van der Waals surface area contributed by atoms with Crippen LogP contribution in [-0.4, -0.2) is 78.8 Å². The van der Waals surface area contributed by atoms with Gasteiger partial charge in [0.2, 0.25) is 5.95 Å². The second-order valence-electron chi connectivity index (χ2n) is 8.88. The first kappa shape index (κ1) is 23.7. The molecule has 2 aliphatic rings. The topological polar surface area (TPSA) is 98.8 Å². The van der Waals surface area contributed by atoms with Gasteiger partial charge in [-0.3, -0.25) is 4.79 Å². The first-order valence-electron chi connectivity index (χ1n) is 11.9. The second kappa shape index (κ2) is 10.3. The van der Waals surface area contributed by atoms with Crippen LogP contribution in [0.15, 0.2) is 42.7 Å². The number of benzene rings is 1. The zero-order valence-electron chi connectivity index (χ0n) is 20.4. The summed E-state index contributed by atoms with van der Waals surface area (Å²) in [6.45, 7) is 5.13. The van der Waals surface area contributed by atoms with Crippen LogP contribution in [0, 0.1) is 6.92 Å². The van der Waals surface area contributed by atoms with E-state index in [1.165, 1.54) is 4.90 Å². The second-order valence-corrected chi connectivity index (χ2v) is 8.88. The largest absolute Gasteiger partial charge is 0.482 e. The fraction of sp³-hybridized carbons (Fsp3) is 0.360. The van der Waals surface area contributed by atoms with Crippen molar-refractivity contribution >= 4 is 40.6 Å². The van der Waals surface area contributed by atoms with E-state index in [9.17, 15) is 9.18 Å². The van der Waals surface area contributed by atoms with Crippen molar-refractivity contribution in [2.75, 3.05) is 73.5 Å². The lowest BCUT2D eigenvalue weighted by Gasteiger charge is -2.33. The maximum atomic E-state index is 13.0. The molecule has 4 heterocycles. The SMILES string of the molecule is Cc1cnc(Nc2ccc(N3CCN(C)CC3)nc2)nc1Nc1ccc2c(c1)N(CCF)C(=O)CO2. The molecule has 0 radical (unpaired) electrons. The molecular weight excluding hydrogens is 463 g/mol. The Kier molecular flexibility index (Phi) is 6.81. The fourth-order valence-corrected chi connectivity index (χ4v) is 4.19. The van der Waals surface area contributed by atoms with Gasteiger partial charge in [-0.2, -0.15) is 4.98 Å². The number of hydrogen-bond donors (Lipinski definition) is 2. The number of piperazine rings is 1. The number of halogens is 1. The number of hydrogen-bond acceptors (Lipinski definition) is 9. The predicted molar refractivity (Wildman–Crippen MR) is 138 cm³/mol. The normalized spacial score (nSPS) is 15.9. The summed E-state index contributed by atoms with van der Waals surface area (Å²) in [5.41, 5.74) is 2.86. The van der Waals surface area contributed by atoms with Gasteiger partial charge in [-0.1, -0.05) is 0 Å². The monoisotopic (exact) mass is 492 g/mol. The van der Waals surface area contributed by atoms with Gasteiger partial charge in [-0.25, -0.2) is 14.4 Å². The number of amides is 1. The van der Waals surface area contributed by atoms with Gasteiger partial charge in [0, 0.05) is 43.6 Å². The molecule has 5 rings (SSSR count). The highest BCUT2D eigenvalue weighted by Crippen LogP contribution is 2.35. The molecular formula is C25H29FN8O2. The number of fused-ring (bicyclic) bond motifs is 1. The van der Waals surface area contributed by atoms with Crippen LogP contribution in [0.1, 0.15) is 5.56 Å². The minimum atomic E-state index is -0.631. The van der Waals surface area contributed by atoms with E-state index < -0.39 is 6.67 Å². The number of anilines is 6. The first-order valence-corrected chi connectivity index (χ1v) is 11.9. The van der Waals surface area contributed by atoms with E-state index in [4.69, 9.17) is 4.74 Å². The molecule has 36 heavy (non-hydrogen) atoms. The van der Waals surface area contributed by atoms with Crippen molar-refractivity contribution in [2.24, 2.45) is 0 Å². The summed E-state index contributed by atoms with van der Waals surface area (Å²) in [6.07, 6.45) is 3.51. The van der Waals surface area contributed by atoms with E-state index in [-0.39, 0.29) is 19.1 Å². The zero-order chi connectivity index (χ0) is 25.1. The van der Waals surface area contributed by atoms with Crippen LogP contribution in [0.3, 0.4) is 0 Å². The summed E-state index contributed by atoms with van der Waals surface area (Å²) < 4.78 is 18.5. The molecule has 0 unspecified atom stereocenters. The van der Waals surface area contributed by atoms with Gasteiger partial charge >= 0.3 is 0 Å². The Morgan fingerprint density at radius 1 is 1.03 bits per heavy atom. The molecule has 1 amide bonds. The van der Waals surface area contributed by atoms with Crippen molar-refractivity contribution in [3.05, 3.63) is 48.3 Å². The molecule has 0 saturated carbocycles. The summed E-state index contributed by atoms with van der Waals surface area (Å²) in [7, 11) is 2.13. The lowest BCUT2D eigenvalue weighted by molar-refractivity contribution is -0.121. The van der Waals surface area contributed by atoms with Gasteiger partial charge in [0.15, 0.2) is 6.61 Å². The number of alkyl halides is 1. The smallest absolute Gasteiger partial charge is 0.265 e. The maximum absolute atomic E-state index is 13.0. The maximum Gasteiger partial charge on any atom is 0.265 e. The van der Waals surface area contributed by atoms with E-state index in [1.54, 1.807) is 24.5 Å². The standard InChI is InChI=1S/C25H29FN8O2/c1-17-14-28-25(30-19-4-6-22(27-15-19)33-11-9-32(2)10-12-33)31-24(17)29-18-3-5-21-20(13-18)34(8-7-26)23(35)16-36-21/h3-6,13-15H,7-12,16H2,1-2H3,(H2,28,29,30,31). The van der Waals surface area contributed by atoms with Gasteiger partial charge in [0.25, 0.3) is 5.91 Å². The van der Waals surface area contributed by atoms with E-state index >= 15 is 0 Å². The van der Waals surface area contributed by atoms with Crippen LogP contribution in [0.5, 0.6) is 5.75 Å². The summed E-state index contributed by atoms with van der Waals surface area (Å²) in [6, 6.07) is 9.33. The zero-order valence-corrected chi connectivity index (χ0v) is 20.4. The number of aromatic nitrogens is 3. The lowest BCUT2D eigenvalue weighted by atomic mass is 10.2. The van der Waals surface area contributed by atoms with Crippen LogP contribution in [0.25, 0.3) is 0 Å². The van der Waals surface area contributed by atoms with Crippen molar-refractivity contribution in [1.29, 1.82) is 0 Å². The Balaban J connectivity index is 1.30. The van der Waals surface area contributed by atoms with Gasteiger partial charge in [-0.05, 0) is 44.3 Å². The molecule has 2 N–H and O–H groups in total. The Labute approximate surface area is 209 Å². The van der Waals surface area contributed by atoms with Crippen LogP contribution < -0.4 is 25.2 Å². The molecule has 2 aromatic heterocycles. The number of ether oxygens (including phenoxy) is 1. The number of nitrogens with zero attached hydrogens (tertiary/aromatic N) is 6. The summed E-state index contributed by atoms with van der Waals surface area (Å²) >= 11 is 0. The molecule has 11 heteroatoms. The highest BCUT2D eigenvalue weighted by atomic mass is 19.1. The number of rotatable bonds is 7. The number of carbonyl (C=O) groups excluding carboxylic acids is 1. The van der Waals surface area contributed by atoms with Crippen LogP contribution in [0.4, 0.5) is 39.0 Å². The van der Waals surface area contributed by atoms with Crippen LogP contribution in [0.2, 0.25) is 0 Å². The number of carbonyl (C=O) groups is 1. The van der Waals surface area contributed by atoms with Crippen molar-refractivity contribution in [1.82, 2.24) is 19.9 Å². The highest BCUT2D eigenvalue weighted by Gasteiger charge is 2.25. The Morgan fingerprint density at radius 3 is 2.58 bits per heavy atom. The molecule has 2 aliphatic heterocycles. The van der Waals surface area contributed by atoms with Gasteiger partial charge in [-0.15, -0.1) is 0 Å². The molecule has 1 saturated heterocycles. The lowest BCUT2D eigenvalue weighted by Crippen LogP contribution is -2.44. The molecule has 0 bridgehead atoms. The summed E-state index contributed by atoms with van der Waals surface area (Å²) in [5.74, 6) is 2.26. The Bertz CT molecular complexity index is 1230. The molecule has 10 nitrogen and oxygen atoms in total.